The predicted molar refractivity (Wildman–Crippen MR) is 52.5 cm³/mol. The first-order valence-corrected chi connectivity index (χ1v) is 4.17. The van der Waals surface area contributed by atoms with Crippen LogP contribution in [0.5, 0.6) is 5.75 Å². The van der Waals surface area contributed by atoms with E-state index in [1.165, 1.54) is 18.2 Å². The van der Waals surface area contributed by atoms with Gasteiger partial charge in [-0.2, -0.15) is 0 Å². The van der Waals surface area contributed by atoms with Gasteiger partial charge in [-0.1, -0.05) is 0 Å². The van der Waals surface area contributed by atoms with E-state index in [2.05, 4.69) is 0 Å². The van der Waals surface area contributed by atoms with Crippen molar-refractivity contribution in [1.82, 2.24) is 0 Å². The van der Waals surface area contributed by atoms with E-state index < -0.39 is 10.8 Å². The third-order valence-corrected chi connectivity index (χ3v) is 1.74. The van der Waals surface area contributed by atoms with Gasteiger partial charge >= 0.3 is 0 Å². The SMILES string of the molecule is Cc1cc([N+](=O)[O-])ccc1OCC(N)=O. The molecule has 1 rings (SSSR count). The Balaban J connectivity index is 2.83. The number of primary amides is 1. The zero-order valence-corrected chi connectivity index (χ0v) is 8.10. The largest absolute Gasteiger partial charge is 0.484 e. The molecule has 0 aromatic heterocycles. The molecule has 0 atom stereocenters. The van der Waals surface area contributed by atoms with Crippen LogP contribution in [0.4, 0.5) is 5.69 Å². The zero-order valence-electron chi connectivity index (χ0n) is 8.10. The molecule has 0 aliphatic rings. The Hall–Kier alpha value is -2.11. The number of ether oxygens (including phenoxy) is 1. The molecule has 2 N–H and O–H groups in total. The van der Waals surface area contributed by atoms with Crippen molar-refractivity contribution < 1.29 is 14.5 Å². The van der Waals surface area contributed by atoms with Gasteiger partial charge in [0, 0.05) is 12.1 Å². The average Bonchev–Trinajstić information content (AvgIpc) is 2.15. The van der Waals surface area contributed by atoms with E-state index in [1.54, 1.807) is 6.92 Å². The van der Waals surface area contributed by atoms with Crippen LogP contribution in [0.3, 0.4) is 0 Å². The molecule has 6 heteroatoms. The monoisotopic (exact) mass is 210 g/mol. The molecule has 1 aromatic carbocycles. The summed E-state index contributed by atoms with van der Waals surface area (Å²) in [4.78, 5) is 20.4. The Labute approximate surface area is 85.8 Å². The van der Waals surface area contributed by atoms with Crippen molar-refractivity contribution in [3.8, 4) is 5.75 Å². The normalized spacial score (nSPS) is 9.67. The highest BCUT2D eigenvalue weighted by atomic mass is 16.6. The third-order valence-electron chi connectivity index (χ3n) is 1.74. The van der Waals surface area contributed by atoms with Crippen molar-refractivity contribution in [2.24, 2.45) is 5.73 Å². The molecule has 0 radical (unpaired) electrons. The fraction of sp³-hybridized carbons (Fsp3) is 0.222. The Morgan fingerprint density at radius 1 is 1.60 bits per heavy atom. The Kier molecular flexibility index (Phi) is 3.22. The maximum Gasteiger partial charge on any atom is 0.269 e. The molecule has 0 unspecified atom stereocenters. The smallest absolute Gasteiger partial charge is 0.269 e. The van der Waals surface area contributed by atoms with E-state index in [0.717, 1.165) is 0 Å². The lowest BCUT2D eigenvalue weighted by atomic mass is 10.2. The summed E-state index contributed by atoms with van der Waals surface area (Å²) in [5, 5.41) is 10.4. The van der Waals surface area contributed by atoms with Crippen molar-refractivity contribution in [2.45, 2.75) is 6.92 Å². The van der Waals surface area contributed by atoms with Gasteiger partial charge in [0.2, 0.25) is 0 Å². The predicted octanol–water partition coefficient (Wildman–Crippen LogP) is 0.767. The molecule has 1 amide bonds. The van der Waals surface area contributed by atoms with Gasteiger partial charge in [0.25, 0.3) is 11.6 Å². The number of rotatable bonds is 4. The number of hydrogen-bond acceptors (Lipinski definition) is 4. The van der Waals surface area contributed by atoms with Crippen LogP contribution in [0.1, 0.15) is 5.56 Å². The fourth-order valence-corrected chi connectivity index (χ4v) is 1.06. The lowest BCUT2D eigenvalue weighted by Crippen LogP contribution is -2.20. The molecule has 0 bridgehead atoms. The van der Waals surface area contributed by atoms with E-state index in [4.69, 9.17) is 10.5 Å². The second kappa shape index (κ2) is 4.41. The number of amides is 1. The van der Waals surface area contributed by atoms with E-state index in [1.807, 2.05) is 0 Å². The minimum Gasteiger partial charge on any atom is -0.484 e. The quantitative estimate of drug-likeness (QED) is 0.586. The zero-order chi connectivity index (χ0) is 11.4. The third kappa shape index (κ3) is 2.94. The number of nitrogens with two attached hydrogens (primary N) is 1. The highest BCUT2D eigenvalue weighted by molar-refractivity contribution is 5.75. The van der Waals surface area contributed by atoms with Crippen LogP contribution in [0.15, 0.2) is 18.2 Å². The van der Waals surface area contributed by atoms with Crippen LogP contribution in [0.2, 0.25) is 0 Å². The van der Waals surface area contributed by atoms with Crippen LogP contribution in [-0.2, 0) is 4.79 Å². The van der Waals surface area contributed by atoms with Crippen molar-refractivity contribution in [2.75, 3.05) is 6.61 Å². The maximum absolute atomic E-state index is 10.4. The van der Waals surface area contributed by atoms with Crippen LogP contribution in [-0.4, -0.2) is 17.4 Å². The molecule has 0 aliphatic heterocycles. The molecule has 0 fully saturated rings. The Bertz CT molecular complexity index is 403. The average molecular weight is 210 g/mol. The van der Waals surface area contributed by atoms with Gasteiger partial charge in [-0.15, -0.1) is 0 Å². The van der Waals surface area contributed by atoms with E-state index in [-0.39, 0.29) is 12.3 Å². The summed E-state index contributed by atoms with van der Waals surface area (Å²) in [7, 11) is 0. The number of hydrogen-bond donors (Lipinski definition) is 1. The maximum atomic E-state index is 10.4. The van der Waals surface area contributed by atoms with Gasteiger partial charge in [-0.3, -0.25) is 14.9 Å². The number of nitro benzene ring substituents is 1. The summed E-state index contributed by atoms with van der Waals surface area (Å²) in [5.41, 5.74) is 5.47. The second-order valence-electron chi connectivity index (χ2n) is 2.96. The summed E-state index contributed by atoms with van der Waals surface area (Å²) in [5.74, 6) is -0.174. The van der Waals surface area contributed by atoms with Crippen molar-refractivity contribution in [3.05, 3.63) is 33.9 Å². The number of aryl methyl sites for hydroxylation is 1. The summed E-state index contributed by atoms with van der Waals surface area (Å²) >= 11 is 0. The summed E-state index contributed by atoms with van der Waals surface area (Å²) in [6, 6.07) is 4.12. The van der Waals surface area contributed by atoms with Crippen molar-refractivity contribution in [1.29, 1.82) is 0 Å². The molecule has 0 saturated heterocycles. The molecular weight excluding hydrogens is 200 g/mol. The number of nitro groups is 1. The Morgan fingerprint density at radius 2 is 2.27 bits per heavy atom. The van der Waals surface area contributed by atoms with E-state index in [0.29, 0.717) is 11.3 Å². The van der Waals surface area contributed by atoms with E-state index >= 15 is 0 Å². The van der Waals surface area contributed by atoms with Gasteiger partial charge in [0.05, 0.1) is 4.92 Å². The van der Waals surface area contributed by atoms with Crippen LogP contribution in [0, 0.1) is 17.0 Å². The molecule has 0 aliphatic carbocycles. The molecule has 15 heavy (non-hydrogen) atoms. The fourth-order valence-electron chi connectivity index (χ4n) is 1.06. The first-order chi connectivity index (χ1) is 7.00. The lowest BCUT2D eigenvalue weighted by Gasteiger charge is -2.06. The molecule has 0 spiro atoms. The first kappa shape index (κ1) is 11.0. The Morgan fingerprint density at radius 3 is 2.73 bits per heavy atom. The van der Waals surface area contributed by atoms with Crippen LogP contribution >= 0.6 is 0 Å². The van der Waals surface area contributed by atoms with Crippen molar-refractivity contribution in [3.63, 3.8) is 0 Å². The van der Waals surface area contributed by atoms with Gasteiger partial charge in [0.1, 0.15) is 5.75 Å². The number of nitrogens with zero attached hydrogens (tertiary/aromatic N) is 1. The molecule has 0 heterocycles. The minimum absolute atomic E-state index is 0.0149. The highest BCUT2D eigenvalue weighted by Crippen LogP contribution is 2.22. The van der Waals surface area contributed by atoms with Gasteiger partial charge in [-0.25, -0.2) is 0 Å². The molecular formula is C9H10N2O4. The van der Waals surface area contributed by atoms with Gasteiger partial charge < -0.3 is 10.5 Å². The van der Waals surface area contributed by atoms with Crippen LogP contribution in [0.25, 0.3) is 0 Å². The molecule has 6 nitrogen and oxygen atoms in total. The van der Waals surface area contributed by atoms with E-state index in [9.17, 15) is 14.9 Å². The molecule has 0 saturated carbocycles. The topological polar surface area (TPSA) is 95.5 Å². The summed E-state index contributed by atoms with van der Waals surface area (Å²) < 4.78 is 5.04. The number of carbonyl (C=O) groups is 1. The summed E-state index contributed by atoms with van der Waals surface area (Å²) in [6.45, 7) is 1.42. The van der Waals surface area contributed by atoms with Crippen molar-refractivity contribution >= 4 is 11.6 Å². The molecule has 1 aromatic rings. The minimum atomic E-state index is -0.590. The second-order valence-corrected chi connectivity index (χ2v) is 2.96. The lowest BCUT2D eigenvalue weighted by molar-refractivity contribution is -0.384. The van der Waals surface area contributed by atoms with Crippen LogP contribution < -0.4 is 10.5 Å². The first-order valence-electron chi connectivity index (χ1n) is 4.17. The standard InChI is InChI=1S/C9H10N2O4/c1-6-4-7(11(13)14)2-3-8(6)15-5-9(10)12/h2-4H,5H2,1H3,(H2,10,12). The van der Waals surface area contributed by atoms with Gasteiger partial charge in [0.15, 0.2) is 6.61 Å². The number of non-ortho nitro benzene ring substituents is 1. The molecule has 80 valence electrons. The number of carbonyl (C=O) groups excluding carboxylic acids is 1. The summed E-state index contributed by atoms with van der Waals surface area (Å²) in [6.07, 6.45) is 0. The highest BCUT2D eigenvalue weighted by Gasteiger charge is 2.09. The number of benzene rings is 1. The van der Waals surface area contributed by atoms with Gasteiger partial charge in [-0.05, 0) is 18.6 Å².